The van der Waals surface area contributed by atoms with Crippen molar-refractivity contribution < 1.29 is 10.2 Å². The van der Waals surface area contributed by atoms with E-state index in [4.69, 9.17) is 10.2 Å². The van der Waals surface area contributed by atoms with Gasteiger partial charge in [0.05, 0.1) is 22.9 Å². The molecule has 4 atom stereocenters. The highest BCUT2D eigenvalue weighted by Gasteiger charge is 2.22. The van der Waals surface area contributed by atoms with Gasteiger partial charge in [-0.2, -0.15) is 0 Å². The second-order valence-electron chi connectivity index (χ2n) is 2.66. The molecule has 0 heterocycles. The molecule has 0 aliphatic heterocycles. The Labute approximate surface area is 112 Å². The van der Waals surface area contributed by atoms with Gasteiger partial charge >= 0.3 is 0 Å². The topological polar surface area (TPSA) is 40.5 Å². The molecule has 2 nitrogen and oxygen atoms in total. The number of halogens is 4. The van der Waals surface area contributed by atoms with E-state index in [1.165, 1.54) is 0 Å². The van der Waals surface area contributed by atoms with Crippen LogP contribution in [0.4, 0.5) is 0 Å². The maximum Gasteiger partial charge on any atom is 0.0567 e. The first-order valence-corrected chi connectivity index (χ1v) is 7.47. The Hall–Kier alpha value is 1.84. The molecule has 0 aliphatic carbocycles. The summed E-state index contributed by atoms with van der Waals surface area (Å²) >= 11 is 13.6. The van der Waals surface area contributed by atoms with Crippen molar-refractivity contribution in [3.05, 3.63) is 0 Å². The van der Waals surface area contributed by atoms with Crippen LogP contribution < -0.4 is 0 Å². The van der Waals surface area contributed by atoms with Gasteiger partial charge in [-0.15, -0.1) is 0 Å². The summed E-state index contributed by atoms with van der Waals surface area (Å²) in [6, 6.07) is 0. The predicted molar refractivity (Wildman–Crippen MR) is 69.6 cm³/mol. The summed E-state index contributed by atoms with van der Waals surface area (Å²) < 4.78 is 0. The average molecular weight is 448 g/mol. The summed E-state index contributed by atoms with van der Waals surface area (Å²) in [4.78, 5) is 0.471. The summed E-state index contributed by atoms with van der Waals surface area (Å²) in [6.45, 7) is 0.198. The first-order chi connectivity index (χ1) is 6.02. The number of hydrogen-bond donors (Lipinski definition) is 2. The molecular formula is C7H12Br4O2. The largest absolute Gasteiger partial charge is 0.395 e. The van der Waals surface area contributed by atoms with Gasteiger partial charge in [-0.3, -0.25) is 0 Å². The van der Waals surface area contributed by atoms with Gasteiger partial charge in [-0.25, -0.2) is 0 Å². The highest BCUT2D eigenvalue weighted by Crippen LogP contribution is 2.26. The van der Waals surface area contributed by atoms with Crippen LogP contribution in [0.25, 0.3) is 0 Å². The summed E-state index contributed by atoms with van der Waals surface area (Å²) in [5.41, 5.74) is 0. The van der Waals surface area contributed by atoms with E-state index in [-0.39, 0.29) is 32.5 Å². The quantitative estimate of drug-likeness (QED) is 0.614. The minimum atomic E-state index is 0.0472. The molecule has 0 aliphatic rings. The highest BCUT2D eigenvalue weighted by molar-refractivity contribution is 9.13. The second kappa shape index (κ2) is 8.05. The summed E-state index contributed by atoms with van der Waals surface area (Å²) in [5, 5.41) is 17.7. The Balaban J connectivity index is 3.83. The lowest BCUT2D eigenvalue weighted by Gasteiger charge is -2.20. The van der Waals surface area contributed by atoms with Gasteiger partial charge in [-0.05, 0) is 6.42 Å². The van der Waals surface area contributed by atoms with E-state index in [0.29, 0.717) is 0 Å². The van der Waals surface area contributed by atoms with E-state index in [9.17, 15) is 0 Å². The fourth-order valence-corrected chi connectivity index (χ4v) is 2.81. The smallest absolute Gasteiger partial charge is 0.0567 e. The number of aliphatic hydroxyl groups excluding tert-OH is 2. The van der Waals surface area contributed by atoms with Crippen LogP contribution in [0.1, 0.15) is 6.42 Å². The summed E-state index contributed by atoms with van der Waals surface area (Å²) in [7, 11) is 0. The van der Waals surface area contributed by atoms with Crippen LogP contribution in [-0.2, 0) is 0 Å². The van der Waals surface area contributed by atoms with Gasteiger partial charge in [0.2, 0.25) is 0 Å². The molecule has 0 rings (SSSR count). The van der Waals surface area contributed by atoms with Crippen molar-refractivity contribution in [1.82, 2.24) is 0 Å². The SMILES string of the molecule is OC[C@@H](Br)[C@H](Br)C[C@H](Br)[C@H](Br)CO. The van der Waals surface area contributed by atoms with Crippen molar-refractivity contribution in [2.75, 3.05) is 13.2 Å². The van der Waals surface area contributed by atoms with E-state index in [1.54, 1.807) is 0 Å². The Morgan fingerprint density at radius 1 is 0.692 bits per heavy atom. The van der Waals surface area contributed by atoms with Crippen molar-refractivity contribution in [3.8, 4) is 0 Å². The van der Waals surface area contributed by atoms with Crippen LogP contribution in [0.15, 0.2) is 0 Å². The van der Waals surface area contributed by atoms with Crippen LogP contribution >= 0.6 is 63.7 Å². The van der Waals surface area contributed by atoms with Crippen LogP contribution in [0, 0.1) is 0 Å². The molecule has 0 saturated heterocycles. The maximum atomic E-state index is 8.86. The van der Waals surface area contributed by atoms with Crippen molar-refractivity contribution in [3.63, 3.8) is 0 Å². The minimum absolute atomic E-state index is 0.0472. The van der Waals surface area contributed by atoms with Crippen molar-refractivity contribution >= 4 is 63.7 Å². The molecule has 13 heavy (non-hydrogen) atoms. The number of rotatable bonds is 6. The molecule has 0 bridgehead atoms. The zero-order chi connectivity index (χ0) is 10.4. The van der Waals surface area contributed by atoms with Crippen LogP contribution in [0.5, 0.6) is 0 Å². The van der Waals surface area contributed by atoms with Crippen molar-refractivity contribution in [1.29, 1.82) is 0 Å². The lowest BCUT2D eigenvalue weighted by Crippen LogP contribution is -2.27. The van der Waals surface area contributed by atoms with Gasteiger partial charge in [0, 0.05) is 9.65 Å². The number of hydrogen-bond acceptors (Lipinski definition) is 2. The van der Waals surface area contributed by atoms with E-state index >= 15 is 0 Å². The first-order valence-electron chi connectivity index (χ1n) is 3.80. The van der Waals surface area contributed by atoms with E-state index in [2.05, 4.69) is 63.7 Å². The zero-order valence-corrected chi connectivity index (χ0v) is 13.2. The van der Waals surface area contributed by atoms with E-state index in [1.807, 2.05) is 0 Å². The normalized spacial score (nSPS) is 20.8. The Bertz CT molecular complexity index is 122. The van der Waals surface area contributed by atoms with E-state index in [0.717, 1.165) is 6.42 Å². The van der Waals surface area contributed by atoms with Crippen molar-refractivity contribution in [2.24, 2.45) is 0 Å². The van der Waals surface area contributed by atoms with Gasteiger partial charge in [0.15, 0.2) is 0 Å². The lowest BCUT2D eigenvalue weighted by molar-refractivity contribution is 0.285. The molecule has 0 aromatic rings. The second-order valence-corrected chi connectivity index (χ2v) is 7.37. The summed E-state index contributed by atoms with van der Waals surface area (Å²) in [6.07, 6.45) is 0.826. The molecule has 0 fully saturated rings. The molecule has 0 spiro atoms. The van der Waals surface area contributed by atoms with Gasteiger partial charge in [-0.1, -0.05) is 63.7 Å². The predicted octanol–water partition coefficient (Wildman–Crippen LogP) is 2.42. The molecular weight excluding hydrogens is 436 g/mol. The van der Waals surface area contributed by atoms with E-state index < -0.39 is 0 Å². The molecule has 0 radical (unpaired) electrons. The lowest BCUT2D eigenvalue weighted by atomic mass is 10.1. The Kier molecular flexibility index (Phi) is 9.18. The molecule has 2 N–H and O–H groups in total. The first kappa shape index (κ1) is 14.8. The fraction of sp³-hybridized carbons (Fsp3) is 1.00. The van der Waals surface area contributed by atoms with Crippen LogP contribution in [0.3, 0.4) is 0 Å². The molecule has 0 unspecified atom stereocenters. The van der Waals surface area contributed by atoms with Gasteiger partial charge in [0.1, 0.15) is 0 Å². The van der Waals surface area contributed by atoms with Gasteiger partial charge < -0.3 is 10.2 Å². The Morgan fingerprint density at radius 3 is 1.23 bits per heavy atom. The third-order valence-electron chi connectivity index (χ3n) is 1.58. The molecule has 0 aromatic heterocycles. The Morgan fingerprint density at radius 2 is 1.00 bits per heavy atom. The molecule has 0 amide bonds. The standard InChI is InChI=1S/C7H12Br4O2/c8-4(6(10)2-12)1-5(9)7(11)3-13/h4-7,12-13H,1-3H2/t4-,5+,6-,7-/m1/s1. The zero-order valence-electron chi connectivity index (χ0n) is 6.84. The molecule has 6 heteroatoms. The number of alkyl halides is 4. The van der Waals surface area contributed by atoms with Crippen molar-refractivity contribution in [2.45, 2.75) is 25.7 Å². The third kappa shape index (κ3) is 6.10. The molecule has 0 saturated carbocycles. The van der Waals surface area contributed by atoms with Crippen LogP contribution in [-0.4, -0.2) is 42.7 Å². The highest BCUT2D eigenvalue weighted by atomic mass is 79.9. The van der Waals surface area contributed by atoms with Gasteiger partial charge in [0.25, 0.3) is 0 Å². The third-order valence-corrected chi connectivity index (χ3v) is 6.88. The summed E-state index contributed by atoms with van der Waals surface area (Å²) in [5.74, 6) is 0. The minimum Gasteiger partial charge on any atom is -0.395 e. The average Bonchev–Trinajstić information content (AvgIpc) is 2.14. The maximum absolute atomic E-state index is 8.86. The molecule has 0 aromatic carbocycles. The molecule has 80 valence electrons. The fourth-order valence-electron chi connectivity index (χ4n) is 0.739. The monoisotopic (exact) mass is 444 g/mol. The van der Waals surface area contributed by atoms with Crippen LogP contribution in [0.2, 0.25) is 0 Å². The number of aliphatic hydroxyl groups is 2.